The molecule has 0 aromatic heterocycles. The van der Waals surface area contributed by atoms with Crippen LogP contribution in [-0.4, -0.2) is 42.9 Å². The maximum atomic E-state index is 12.5. The van der Waals surface area contributed by atoms with E-state index in [0.29, 0.717) is 30.6 Å². The smallest absolute Gasteiger partial charge is 0.383 e. The summed E-state index contributed by atoms with van der Waals surface area (Å²) in [6.45, 7) is 1.41. The van der Waals surface area contributed by atoms with Gasteiger partial charge in [-0.25, -0.2) is 0 Å². The van der Waals surface area contributed by atoms with E-state index in [-0.39, 0.29) is 12.3 Å². The number of hydrogen-bond donors (Lipinski definition) is 0. The molecule has 0 bridgehead atoms. The largest absolute Gasteiger partial charge is 0.416 e. The third kappa shape index (κ3) is 6.05. The number of alkyl halides is 4. The second-order valence-electron chi connectivity index (χ2n) is 4.43. The molecular formula is C14H17BrF3NO2. The number of rotatable bonds is 7. The van der Waals surface area contributed by atoms with Gasteiger partial charge in [-0.3, -0.25) is 4.79 Å². The maximum Gasteiger partial charge on any atom is 0.416 e. The molecule has 1 amide bonds. The Morgan fingerprint density at radius 2 is 1.86 bits per heavy atom. The van der Waals surface area contributed by atoms with Crippen molar-refractivity contribution in [3.05, 3.63) is 35.4 Å². The highest BCUT2D eigenvalue weighted by Crippen LogP contribution is 2.29. The van der Waals surface area contributed by atoms with Crippen LogP contribution in [0.15, 0.2) is 24.3 Å². The minimum Gasteiger partial charge on any atom is -0.383 e. The molecule has 1 aromatic carbocycles. The summed E-state index contributed by atoms with van der Waals surface area (Å²) in [5.41, 5.74) is -0.152. The third-order valence-electron chi connectivity index (χ3n) is 2.91. The maximum absolute atomic E-state index is 12.5. The number of carbonyl (C=O) groups is 1. The number of halogens is 4. The van der Waals surface area contributed by atoms with Crippen LogP contribution >= 0.6 is 15.9 Å². The fourth-order valence-electron chi connectivity index (χ4n) is 1.76. The van der Waals surface area contributed by atoms with Crippen molar-refractivity contribution in [1.82, 2.24) is 4.90 Å². The number of carbonyl (C=O) groups excluding carboxylic acids is 1. The van der Waals surface area contributed by atoms with Gasteiger partial charge in [0, 0.05) is 25.5 Å². The molecule has 0 heterocycles. The fourth-order valence-corrected chi connectivity index (χ4v) is 2.19. The molecule has 0 radical (unpaired) electrons. The molecule has 0 saturated carbocycles. The number of hydrogen-bond acceptors (Lipinski definition) is 2. The summed E-state index contributed by atoms with van der Waals surface area (Å²) >= 11 is 3.27. The molecule has 1 aromatic rings. The van der Waals surface area contributed by atoms with Gasteiger partial charge in [-0.15, -0.1) is 0 Å². The van der Waals surface area contributed by atoms with Crippen LogP contribution in [0, 0.1) is 0 Å². The zero-order chi connectivity index (χ0) is 15.9. The van der Waals surface area contributed by atoms with Crippen LogP contribution < -0.4 is 0 Å². The summed E-state index contributed by atoms with van der Waals surface area (Å²) in [5.74, 6) is -0.133. The van der Waals surface area contributed by atoms with Crippen molar-refractivity contribution in [1.29, 1.82) is 0 Å². The highest BCUT2D eigenvalue weighted by atomic mass is 79.9. The van der Waals surface area contributed by atoms with Crippen LogP contribution in [-0.2, 0) is 22.1 Å². The number of nitrogens with zero attached hydrogens (tertiary/aromatic N) is 1. The van der Waals surface area contributed by atoms with E-state index >= 15 is 0 Å². The Labute approximate surface area is 130 Å². The van der Waals surface area contributed by atoms with E-state index in [9.17, 15) is 18.0 Å². The average Bonchev–Trinajstić information content (AvgIpc) is 2.43. The molecular weight excluding hydrogens is 351 g/mol. The van der Waals surface area contributed by atoms with Gasteiger partial charge in [0.25, 0.3) is 0 Å². The Hall–Kier alpha value is -1.08. The summed E-state index contributed by atoms with van der Waals surface area (Å²) in [6.07, 6.45) is -4.28. The number of amides is 1. The second kappa shape index (κ2) is 8.38. The molecule has 0 aliphatic carbocycles. The Morgan fingerprint density at radius 1 is 1.24 bits per heavy atom. The van der Waals surface area contributed by atoms with Gasteiger partial charge in [-0.05, 0) is 17.7 Å². The van der Waals surface area contributed by atoms with Crippen LogP contribution in [0.1, 0.15) is 11.1 Å². The van der Waals surface area contributed by atoms with Gasteiger partial charge in [0.1, 0.15) is 0 Å². The molecule has 118 valence electrons. The first-order valence-corrected chi connectivity index (χ1v) is 7.49. The first-order chi connectivity index (χ1) is 9.88. The number of methoxy groups -OCH3 is 1. The van der Waals surface area contributed by atoms with E-state index in [1.54, 1.807) is 12.0 Å². The van der Waals surface area contributed by atoms with Crippen molar-refractivity contribution in [2.24, 2.45) is 0 Å². The highest BCUT2D eigenvalue weighted by molar-refractivity contribution is 9.09. The molecule has 0 spiro atoms. The van der Waals surface area contributed by atoms with Gasteiger partial charge in [0.15, 0.2) is 0 Å². The van der Waals surface area contributed by atoms with Crippen LogP contribution in [0.5, 0.6) is 0 Å². The predicted octanol–water partition coefficient (Wildman–Crippen LogP) is 3.12. The molecule has 7 heteroatoms. The Kier molecular flexibility index (Phi) is 7.17. The number of benzene rings is 1. The first kappa shape index (κ1) is 18.0. The predicted molar refractivity (Wildman–Crippen MR) is 77.4 cm³/mol. The van der Waals surface area contributed by atoms with E-state index in [0.717, 1.165) is 12.1 Å². The Bertz CT molecular complexity index is 449. The Balaban J connectivity index is 2.67. The van der Waals surface area contributed by atoms with E-state index in [1.165, 1.54) is 12.1 Å². The second-order valence-corrected chi connectivity index (χ2v) is 5.23. The molecule has 21 heavy (non-hydrogen) atoms. The van der Waals surface area contributed by atoms with Gasteiger partial charge in [-0.1, -0.05) is 28.1 Å². The van der Waals surface area contributed by atoms with Crippen molar-refractivity contribution < 1.29 is 22.7 Å². The van der Waals surface area contributed by atoms with Gasteiger partial charge < -0.3 is 9.64 Å². The molecule has 0 aliphatic heterocycles. The van der Waals surface area contributed by atoms with Gasteiger partial charge in [0.2, 0.25) is 5.91 Å². The fraction of sp³-hybridized carbons (Fsp3) is 0.500. The quantitative estimate of drug-likeness (QED) is 0.693. The SMILES string of the molecule is COCCN(CCBr)C(=O)Cc1ccc(C(F)(F)F)cc1. The standard InChI is InChI=1S/C14H17BrF3NO2/c1-21-9-8-19(7-6-15)13(20)10-11-2-4-12(5-3-11)14(16,17)18/h2-5H,6-10H2,1H3. The normalized spacial score (nSPS) is 11.5. The van der Waals surface area contributed by atoms with Gasteiger partial charge in [0.05, 0.1) is 18.6 Å². The minimum atomic E-state index is -4.36. The molecule has 0 fully saturated rings. The molecule has 3 nitrogen and oxygen atoms in total. The summed E-state index contributed by atoms with van der Waals surface area (Å²) in [7, 11) is 1.55. The van der Waals surface area contributed by atoms with E-state index in [2.05, 4.69) is 15.9 Å². The Morgan fingerprint density at radius 3 is 2.33 bits per heavy atom. The lowest BCUT2D eigenvalue weighted by molar-refractivity contribution is -0.137. The molecule has 0 unspecified atom stereocenters. The lowest BCUT2D eigenvalue weighted by atomic mass is 10.1. The molecule has 1 rings (SSSR count). The van der Waals surface area contributed by atoms with E-state index < -0.39 is 11.7 Å². The number of ether oxygens (including phenoxy) is 1. The van der Waals surface area contributed by atoms with Crippen LogP contribution in [0.25, 0.3) is 0 Å². The van der Waals surface area contributed by atoms with Crippen molar-refractivity contribution >= 4 is 21.8 Å². The minimum absolute atomic E-state index is 0.0782. The van der Waals surface area contributed by atoms with Crippen molar-refractivity contribution in [2.75, 3.05) is 32.1 Å². The zero-order valence-electron chi connectivity index (χ0n) is 11.6. The van der Waals surface area contributed by atoms with Crippen molar-refractivity contribution in [3.8, 4) is 0 Å². The van der Waals surface area contributed by atoms with Crippen molar-refractivity contribution in [2.45, 2.75) is 12.6 Å². The van der Waals surface area contributed by atoms with Crippen LogP contribution in [0.3, 0.4) is 0 Å². The summed E-state index contributed by atoms with van der Waals surface area (Å²) in [5, 5.41) is 0.634. The zero-order valence-corrected chi connectivity index (χ0v) is 13.2. The molecule has 0 aliphatic rings. The topological polar surface area (TPSA) is 29.5 Å². The lowest BCUT2D eigenvalue weighted by Crippen LogP contribution is -2.36. The van der Waals surface area contributed by atoms with Gasteiger partial charge >= 0.3 is 6.18 Å². The van der Waals surface area contributed by atoms with Crippen molar-refractivity contribution in [3.63, 3.8) is 0 Å². The molecule has 0 atom stereocenters. The summed E-state index contributed by atoms with van der Waals surface area (Å²) < 4.78 is 42.3. The highest BCUT2D eigenvalue weighted by Gasteiger charge is 2.30. The lowest BCUT2D eigenvalue weighted by Gasteiger charge is -2.21. The molecule has 0 N–H and O–H groups in total. The van der Waals surface area contributed by atoms with Crippen LogP contribution in [0.4, 0.5) is 13.2 Å². The summed E-state index contributed by atoms with van der Waals surface area (Å²) in [6, 6.07) is 4.66. The van der Waals surface area contributed by atoms with E-state index in [4.69, 9.17) is 4.74 Å². The van der Waals surface area contributed by atoms with E-state index in [1.807, 2.05) is 0 Å². The third-order valence-corrected chi connectivity index (χ3v) is 3.26. The monoisotopic (exact) mass is 367 g/mol. The molecule has 0 saturated heterocycles. The average molecular weight is 368 g/mol. The van der Waals surface area contributed by atoms with Crippen LogP contribution in [0.2, 0.25) is 0 Å². The van der Waals surface area contributed by atoms with Gasteiger partial charge in [-0.2, -0.15) is 13.2 Å². The first-order valence-electron chi connectivity index (χ1n) is 6.37. The summed E-state index contributed by atoms with van der Waals surface area (Å²) in [4.78, 5) is 13.7.